The molecule has 0 aliphatic carbocycles. The van der Waals surface area contributed by atoms with Crippen LogP contribution >= 0.6 is 11.8 Å². The minimum absolute atomic E-state index is 0.156. The molecule has 1 aliphatic heterocycles. The molecule has 1 aromatic heterocycles. The Labute approximate surface area is 95.7 Å². The highest BCUT2D eigenvalue weighted by Gasteiger charge is 2.22. The van der Waals surface area contributed by atoms with Crippen LogP contribution in [-0.4, -0.2) is 16.0 Å². The van der Waals surface area contributed by atoms with Gasteiger partial charge in [-0.25, -0.2) is 0 Å². The number of hydrogen-bond donors (Lipinski definition) is 1. The smallest absolute Gasteiger partial charge is 0.0430 e. The first-order valence-electron chi connectivity index (χ1n) is 5.57. The Hall–Kier alpha value is -0.540. The SMILES string of the molecule is Cc1ccc(C(N)C2CCCCS2)cn1. The molecule has 2 atom stereocenters. The summed E-state index contributed by atoms with van der Waals surface area (Å²) >= 11 is 2.02. The van der Waals surface area contributed by atoms with E-state index in [9.17, 15) is 0 Å². The summed E-state index contributed by atoms with van der Waals surface area (Å²) in [5.41, 5.74) is 8.50. The number of nitrogens with two attached hydrogens (primary N) is 1. The van der Waals surface area contributed by atoms with E-state index in [-0.39, 0.29) is 6.04 Å². The standard InChI is InChI=1S/C12H18N2S/c1-9-5-6-10(8-14-9)12(13)11-4-2-3-7-15-11/h5-6,8,11-12H,2-4,7,13H2,1H3. The van der Waals surface area contributed by atoms with Crippen LogP contribution < -0.4 is 5.73 Å². The van der Waals surface area contributed by atoms with Gasteiger partial charge in [0.1, 0.15) is 0 Å². The summed E-state index contributed by atoms with van der Waals surface area (Å²) in [6, 6.07) is 4.31. The van der Waals surface area contributed by atoms with Crippen molar-refractivity contribution in [2.75, 3.05) is 5.75 Å². The maximum atomic E-state index is 6.26. The largest absolute Gasteiger partial charge is 0.323 e. The second-order valence-electron chi connectivity index (χ2n) is 4.16. The second kappa shape index (κ2) is 4.99. The van der Waals surface area contributed by atoms with Crippen molar-refractivity contribution in [3.8, 4) is 0 Å². The van der Waals surface area contributed by atoms with Gasteiger partial charge in [-0.1, -0.05) is 12.5 Å². The van der Waals surface area contributed by atoms with Crippen molar-refractivity contribution in [3.63, 3.8) is 0 Å². The summed E-state index contributed by atoms with van der Waals surface area (Å²) in [4.78, 5) is 4.31. The van der Waals surface area contributed by atoms with Gasteiger partial charge in [-0.15, -0.1) is 0 Å². The first kappa shape index (κ1) is 11.0. The Morgan fingerprint density at radius 3 is 2.93 bits per heavy atom. The molecule has 1 saturated heterocycles. The number of aryl methyl sites for hydroxylation is 1. The van der Waals surface area contributed by atoms with E-state index in [0.29, 0.717) is 5.25 Å². The number of thioether (sulfide) groups is 1. The van der Waals surface area contributed by atoms with Gasteiger partial charge in [-0.05, 0) is 37.1 Å². The molecule has 1 aliphatic rings. The van der Waals surface area contributed by atoms with Crippen LogP contribution in [0.3, 0.4) is 0 Å². The summed E-state index contributed by atoms with van der Waals surface area (Å²) in [7, 11) is 0. The minimum atomic E-state index is 0.156. The van der Waals surface area contributed by atoms with Crippen LogP contribution in [0, 0.1) is 6.92 Å². The molecule has 0 bridgehead atoms. The minimum Gasteiger partial charge on any atom is -0.323 e. The van der Waals surface area contributed by atoms with E-state index in [1.807, 2.05) is 30.9 Å². The van der Waals surface area contributed by atoms with Gasteiger partial charge in [0.15, 0.2) is 0 Å². The van der Waals surface area contributed by atoms with Crippen LogP contribution in [-0.2, 0) is 0 Å². The van der Waals surface area contributed by atoms with Gasteiger partial charge in [0.05, 0.1) is 0 Å². The second-order valence-corrected chi connectivity index (χ2v) is 5.51. The lowest BCUT2D eigenvalue weighted by molar-refractivity contribution is 0.580. The molecule has 15 heavy (non-hydrogen) atoms. The third-order valence-electron chi connectivity index (χ3n) is 2.93. The molecule has 0 amide bonds. The molecular weight excluding hydrogens is 204 g/mol. The molecule has 82 valence electrons. The van der Waals surface area contributed by atoms with Crippen molar-refractivity contribution in [1.82, 2.24) is 4.98 Å². The maximum Gasteiger partial charge on any atom is 0.0430 e. The fraction of sp³-hybridized carbons (Fsp3) is 0.583. The van der Waals surface area contributed by atoms with Crippen LogP contribution in [0.15, 0.2) is 18.3 Å². The Kier molecular flexibility index (Phi) is 3.65. The van der Waals surface area contributed by atoms with Crippen LogP contribution in [0.25, 0.3) is 0 Å². The molecule has 0 spiro atoms. The molecule has 2 rings (SSSR count). The van der Waals surface area contributed by atoms with Gasteiger partial charge in [-0.3, -0.25) is 4.98 Å². The number of pyridine rings is 1. The van der Waals surface area contributed by atoms with E-state index >= 15 is 0 Å². The van der Waals surface area contributed by atoms with E-state index < -0.39 is 0 Å². The Bertz CT molecular complexity index is 304. The summed E-state index contributed by atoms with van der Waals surface area (Å²) in [6.45, 7) is 2.00. The van der Waals surface area contributed by atoms with E-state index in [4.69, 9.17) is 5.73 Å². The first-order chi connectivity index (χ1) is 7.27. The van der Waals surface area contributed by atoms with Gasteiger partial charge in [0.25, 0.3) is 0 Å². The molecule has 3 heteroatoms. The van der Waals surface area contributed by atoms with E-state index in [1.54, 1.807) is 0 Å². The summed E-state index contributed by atoms with van der Waals surface area (Å²) in [5, 5.41) is 0.586. The zero-order chi connectivity index (χ0) is 10.7. The normalized spacial score (nSPS) is 23.7. The van der Waals surface area contributed by atoms with Crippen LogP contribution in [0.1, 0.15) is 36.6 Å². The Morgan fingerprint density at radius 2 is 2.33 bits per heavy atom. The highest BCUT2D eigenvalue weighted by atomic mass is 32.2. The highest BCUT2D eigenvalue weighted by Crippen LogP contribution is 2.32. The van der Waals surface area contributed by atoms with E-state index in [1.165, 1.54) is 30.6 Å². The fourth-order valence-electron chi connectivity index (χ4n) is 1.94. The average molecular weight is 222 g/mol. The molecule has 2 heterocycles. The van der Waals surface area contributed by atoms with Crippen molar-refractivity contribution in [2.45, 2.75) is 37.5 Å². The van der Waals surface area contributed by atoms with Crippen LogP contribution in [0.4, 0.5) is 0 Å². The number of aromatic nitrogens is 1. The summed E-state index contributed by atoms with van der Waals surface area (Å²) in [5.74, 6) is 1.26. The number of hydrogen-bond acceptors (Lipinski definition) is 3. The predicted octanol–water partition coefficient (Wildman–Crippen LogP) is 2.68. The van der Waals surface area contributed by atoms with Crippen LogP contribution in [0.5, 0.6) is 0 Å². The average Bonchev–Trinajstić information content (AvgIpc) is 2.30. The van der Waals surface area contributed by atoms with E-state index in [2.05, 4.69) is 11.1 Å². The van der Waals surface area contributed by atoms with Gasteiger partial charge in [0.2, 0.25) is 0 Å². The number of rotatable bonds is 2. The third kappa shape index (κ3) is 2.73. The maximum absolute atomic E-state index is 6.26. The van der Waals surface area contributed by atoms with E-state index in [0.717, 1.165) is 5.69 Å². The molecule has 0 saturated carbocycles. The molecule has 1 aromatic rings. The lowest BCUT2D eigenvalue weighted by Gasteiger charge is -2.27. The summed E-state index contributed by atoms with van der Waals surface area (Å²) < 4.78 is 0. The monoisotopic (exact) mass is 222 g/mol. The van der Waals surface area contributed by atoms with Gasteiger partial charge < -0.3 is 5.73 Å². The quantitative estimate of drug-likeness (QED) is 0.836. The lowest BCUT2D eigenvalue weighted by Crippen LogP contribution is -2.26. The summed E-state index contributed by atoms with van der Waals surface area (Å²) in [6.07, 6.45) is 5.85. The molecule has 2 nitrogen and oxygen atoms in total. The van der Waals surface area contributed by atoms with Crippen molar-refractivity contribution >= 4 is 11.8 Å². The molecule has 2 unspecified atom stereocenters. The van der Waals surface area contributed by atoms with Crippen molar-refractivity contribution < 1.29 is 0 Å². The number of nitrogens with zero attached hydrogens (tertiary/aromatic N) is 1. The molecule has 0 aromatic carbocycles. The molecular formula is C12H18N2S. The first-order valence-corrected chi connectivity index (χ1v) is 6.62. The zero-order valence-corrected chi connectivity index (χ0v) is 9.96. The van der Waals surface area contributed by atoms with Crippen molar-refractivity contribution in [3.05, 3.63) is 29.6 Å². The Morgan fingerprint density at radius 1 is 1.47 bits per heavy atom. The molecule has 2 N–H and O–H groups in total. The molecule has 1 fully saturated rings. The predicted molar refractivity (Wildman–Crippen MR) is 66.0 cm³/mol. The van der Waals surface area contributed by atoms with Gasteiger partial charge in [-0.2, -0.15) is 11.8 Å². The van der Waals surface area contributed by atoms with Gasteiger partial charge in [0, 0.05) is 23.2 Å². The third-order valence-corrected chi connectivity index (χ3v) is 4.42. The zero-order valence-electron chi connectivity index (χ0n) is 9.15. The van der Waals surface area contributed by atoms with Crippen molar-refractivity contribution in [2.24, 2.45) is 5.73 Å². The molecule has 0 radical (unpaired) electrons. The van der Waals surface area contributed by atoms with Crippen LogP contribution in [0.2, 0.25) is 0 Å². The lowest BCUT2D eigenvalue weighted by atomic mass is 10.0. The van der Waals surface area contributed by atoms with Crippen molar-refractivity contribution in [1.29, 1.82) is 0 Å². The highest BCUT2D eigenvalue weighted by molar-refractivity contribution is 8.00. The topological polar surface area (TPSA) is 38.9 Å². The fourth-order valence-corrected chi connectivity index (χ4v) is 3.31. The Balaban J connectivity index is 2.05. The van der Waals surface area contributed by atoms with Gasteiger partial charge >= 0.3 is 0 Å².